The maximum absolute atomic E-state index is 12.8. The molecule has 2 rings (SSSR count). The summed E-state index contributed by atoms with van der Waals surface area (Å²) in [5.41, 5.74) is 1.76. The molecule has 0 atom stereocenters. The van der Waals surface area contributed by atoms with Crippen LogP contribution in [-0.2, 0) is 6.18 Å². The van der Waals surface area contributed by atoms with Gasteiger partial charge in [0.1, 0.15) is 0 Å². The maximum Gasteiger partial charge on any atom is 0.417 e. The van der Waals surface area contributed by atoms with Crippen LogP contribution in [0.5, 0.6) is 0 Å². The van der Waals surface area contributed by atoms with Crippen LogP contribution < -0.4 is 0 Å². The van der Waals surface area contributed by atoms with Crippen LogP contribution in [0.3, 0.4) is 0 Å². The molecule has 18 heavy (non-hydrogen) atoms. The monoisotopic (exact) mass is 314 g/mol. The first-order valence-electron chi connectivity index (χ1n) is 5.32. The number of halogens is 4. The molecule has 0 nitrogen and oxygen atoms in total. The molecular formula is C14H10BrF3. The summed E-state index contributed by atoms with van der Waals surface area (Å²) in [6, 6.07) is 11.7. The molecule has 0 bridgehead atoms. The highest BCUT2D eigenvalue weighted by molar-refractivity contribution is 9.10. The molecule has 0 saturated heterocycles. The fourth-order valence-electron chi connectivity index (χ4n) is 1.67. The average Bonchev–Trinajstić information content (AvgIpc) is 2.29. The quantitative estimate of drug-likeness (QED) is 0.657. The van der Waals surface area contributed by atoms with E-state index in [1.165, 1.54) is 6.07 Å². The van der Waals surface area contributed by atoms with Crippen molar-refractivity contribution in [2.45, 2.75) is 13.1 Å². The topological polar surface area (TPSA) is 0 Å². The lowest BCUT2D eigenvalue weighted by Gasteiger charge is -2.11. The Bertz CT molecular complexity index is 556. The smallest absolute Gasteiger partial charge is 0.166 e. The van der Waals surface area contributed by atoms with E-state index in [2.05, 4.69) is 15.9 Å². The van der Waals surface area contributed by atoms with Gasteiger partial charge in [-0.2, -0.15) is 13.2 Å². The molecule has 94 valence electrons. The molecule has 0 fully saturated rings. The van der Waals surface area contributed by atoms with Gasteiger partial charge < -0.3 is 0 Å². The third kappa shape index (κ3) is 2.75. The third-order valence-electron chi connectivity index (χ3n) is 2.66. The van der Waals surface area contributed by atoms with E-state index in [1.807, 2.05) is 31.2 Å². The van der Waals surface area contributed by atoms with Crippen LogP contribution in [0.4, 0.5) is 13.2 Å². The van der Waals surface area contributed by atoms with Gasteiger partial charge in [0.05, 0.1) is 5.56 Å². The zero-order chi connectivity index (χ0) is 13.3. The standard InChI is InChI=1S/C14H10BrF3/c1-9-2-4-10(5-3-9)11-6-7-13(15)12(8-11)14(16,17)18/h2-8H,1H3. The summed E-state index contributed by atoms with van der Waals surface area (Å²) in [4.78, 5) is 0. The lowest BCUT2D eigenvalue weighted by Crippen LogP contribution is -2.06. The van der Waals surface area contributed by atoms with Crippen LogP contribution in [0.2, 0.25) is 0 Å². The molecule has 2 aromatic carbocycles. The van der Waals surface area contributed by atoms with Crippen molar-refractivity contribution in [2.24, 2.45) is 0 Å². The van der Waals surface area contributed by atoms with Gasteiger partial charge in [-0.05, 0) is 30.2 Å². The number of hydrogen-bond acceptors (Lipinski definition) is 0. The van der Waals surface area contributed by atoms with E-state index in [0.717, 1.165) is 17.2 Å². The molecule has 0 aromatic heterocycles. The molecular weight excluding hydrogens is 305 g/mol. The lowest BCUT2D eigenvalue weighted by atomic mass is 10.0. The van der Waals surface area contributed by atoms with Crippen LogP contribution in [0.25, 0.3) is 11.1 Å². The number of benzene rings is 2. The fourth-order valence-corrected chi connectivity index (χ4v) is 2.14. The van der Waals surface area contributed by atoms with E-state index in [4.69, 9.17) is 0 Å². The molecule has 0 radical (unpaired) electrons. The molecule has 0 unspecified atom stereocenters. The number of hydrogen-bond donors (Lipinski definition) is 0. The predicted molar refractivity (Wildman–Crippen MR) is 69.3 cm³/mol. The Morgan fingerprint density at radius 3 is 2.00 bits per heavy atom. The molecule has 0 aliphatic carbocycles. The molecule has 4 heteroatoms. The fraction of sp³-hybridized carbons (Fsp3) is 0.143. The van der Waals surface area contributed by atoms with Gasteiger partial charge in [0, 0.05) is 4.47 Å². The van der Waals surface area contributed by atoms with Crippen molar-refractivity contribution < 1.29 is 13.2 Å². The van der Waals surface area contributed by atoms with Crippen LogP contribution in [0, 0.1) is 6.92 Å². The van der Waals surface area contributed by atoms with Crippen molar-refractivity contribution in [3.63, 3.8) is 0 Å². The van der Waals surface area contributed by atoms with E-state index in [1.54, 1.807) is 6.07 Å². The van der Waals surface area contributed by atoms with Crippen LogP contribution in [0.15, 0.2) is 46.9 Å². The van der Waals surface area contributed by atoms with Gasteiger partial charge in [-0.3, -0.25) is 0 Å². The molecule has 0 heterocycles. The summed E-state index contributed by atoms with van der Waals surface area (Å²) in [5, 5.41) is 0. The number of alkyl halides is 3. The van der Waals surface area contributed by atoms with Gasteiger partial charge in [0.15, 0.2) is 0 Å². The van der Waals surface area contributed by atoms with Crippen molar-refractivity contribution in [3.8, 4) is 11.1 Å². The first-order valence-corrected chi connectivity index (χ1v) is 6.11. The number of rotatable bonds is 1. The van der Waals surface area contributed by atoms with E-state index in [9.17, 15) is 13.2 Å². The molecule has 0 aliphatic heterocycles. The van der Waals surface area contributed by atoms with Crippen molar-refractivity contribution in [3.05, 3.63) is 58.1 Å². The summed E-state index contributed by atoms with van der Waals surface area (Å²) in [6.07, 6.45) is -4.35. The molecule has 0 saturated carbocycles. The molecule has 2 aromatic rings. The summed E-state index contributed by atoms with van der Waals surface area (Å²) >= 11 is 2.93. The predicted octanol–water partition coefficient (Wildman–Crippen LogP) is 5.44. The second-order valence-electron chi connectivity index (χ2n) is 4.06. The molecule has 0 aliphatic rings. The Kier molecular flexibility index (Phi) is 3.48. The first kappa shape index (κ1) is 13.1. The minimum Gasteiger partial charge on any atom is -0.166 e. The van der Waals surface area contributed by atoms with Crippen LogP contribution in [-0.4, -0.2) is 0 Å². The van der Waals surface area contributed by atoms with E-state index >= 15 is 0 Å². The SMILES string of the molecule is Cc1ccc(-c2ccc(Br)c(C(F)(F)F)c2)cc1. The van der Waals surface area contributed by atoms with Crippen molar-refractivity contribution in [1.29, 1.82) is 0 Å². The summed E-state index contributed by atoms with van der Waals surface area (Å²) in [7, 11) is 0. The minimum atomic E-state index is -4.35. The zero-order valence-corrected chi connectivity index (χ0v) is 11.1. The third-order valence-corrected chi connectivity index (χ3v) is 3.35. The van der Waals surface area contributed by atoms with E-state index < -0.39 is 11.7 Å². The highest BCUT2D eigenvalue weighted by Crippen LogP contribution is 2.37. The zero-order valence-electron chi connectivity index (χ0n) is 9.55. The summed E-state index contributed by atoms with van der Waals surface area (Å²) in [6.45, 7) is 1.94. The first-order chi connectivity index (χ1) is 8.38. The van der Waals surface area contributed by atoms with Crippen molar-refractivity contribution in [2.75, 3.05) is 0 Å². The van der Waals surface area contributed by atoms with Gasteiger partial charge in [-0.15, -0.1) is 0 Å². The van der Waals surface area contributed by atoms with Gasteiger partial charge in [-0.1, -0.05) is 51.8 Å². The summed E-state index contributed by atoms with van der Waals surface area (Å²) < 4.78 is 38.4. The second kappa shape index (κ2) is 4.76. The molecule has 0 spiro atoms. The van der Waals surface area contributed by atoms with E-state index in [0.29, 0.717) is 5.56 Å². The molecule has 0 N–H and O–H groups in total. The van der Waals surface area contributed by atoms with Gasteiger partial charge in [0.25, 0.3) is 0 Å². The van der Waals surface area contributed by atoms with Crippen molar-refractivity contribution in [1.82, 2.24) is 0 Å². The second-order valence-corrected chi connectivity index (χ2v) is 4.91. The summed E-state index contributed by atoms with van der Waals surface area (Å²) in [5.74, 6) is 0. The van der Waals surface area contributed by atoms with Gasteiger partial charge in [-0.25, -0.2) is 0 Å². The lowest BCUT2D eigenvalue weighted by molar-refractivity contribution is -0.138. The van der Waals surface area contributed by atoms with E-state index in [-0.39, 0.29) is 4.47 Å². The minimum absolute atomic E-state index is 0.0610. The Labute approximate surface area is 112 Å². The Morgan fingerprint density at radius 1 is 0.889 bits per heavy atom. The van der Waals surface area contributed by atoms with Crippen LogP contribution in [0.1, 0.15) is 11.1 Å². The normalized spacial score (nSPS) is 11.6. The Morgan fingerprint density at radius 2 is 1.44 bits per heavy atom. The molecule has 0 amide bonds. The Hall–Kier alpha value is -1.29. The largest absolute Gasteiger partial charge is 0.417 e. The average molecular weight is 315 g/mol. The highest BCUT2D eigenvalue weighted by atomic mass is 79.9. The van der Waals surface area contributed by atoms with Gasteiger partial charge in [0.2, 0.25) is 0 Å². The number of aryl methyl sites for hydroxylation is 1. The van der Waals surface area contributed by atoms with Gasteiger partial charge >= 0.3 is 6.18 Å². The van der Waals surface area contributed by atoms with Crippen LogP contribution >= 0.6 is 15.9 Å². The van der Waals surface area contributed by atoms with Crippen molar-refractivity contribution >= 4 is 15.9 Å². The Balaban J connectivity index is 2.50. The highest BCUT2D eigenvalue weighted by Gasteiger charge is 2.33. The maximum atomic E-state index is 12.8.